The summed E-state index contributed by atoms with van der Waals surface area (Å²) >= 11 is 0. The quantitative estimate of drug-likeness (QED) is 0.707. The molecule has 1 saturated heterocycles. The number of hydrogen-bond acceptors (Lipinski definition) is 4. The SMILES string of the molecule is CN(Cc1cn2c(N3CCCC3)cccc2n1)C1CCCc2cccnc21. The number of rotatable bonds is 4. The summed E-state index contributed by atoms with van der Waals surface area (Å²) < 4.78 is 2.27. The van der Waals surface area contributed by atoms with Gasteiger partial charge >= 0.3 is 0 Å². The fraction of sp³-hybridized carbons (Fsp3) is 0.455. The number of hydrogen-bond donors (Lipinski definition) is 0. The summed E-state index contributed by atoms with van der Waals surface area (Å²) in [5, 5.41) is 0. The van der Waals surface area contributed by atoms with E-state index in [9.17, 15) is 0 Å². The average Bonchev–Trinajstić information content (AvgIpc) is 3.36. The first kappa shape index (κ1) is 16.8. The molecule has 1 fully saturated rings. The van der Waals surface area contributed by atoms with Gasteiger partial charge in [-0.05, 0) is 62.9 Å². The molecule has 1 atom stereocenters. The summed E-state index contributed by atoms with van der Waals surface area (Å²) in [5.41, 5.74) is 4.84. The van der Waals surface area contributed by atoms with Gasteiger partial charge in [0.25, 0.3) is 0 Å². The lowest BCUT2D eigenvalue weighted by Gasteiger charge is -2.31. The average molecular weight is 361 g/mol. The molecule has 140 valence electrons. The molecular formula is C22H27N5. The minimum Gasteiger partial charge on any atom is -0.358 e. The van der Waals surface area contributed by atoms with E-state index in [1.54, 1.807) is 0 Å². The molecule has 0 saturated carbocycles. The molecule has 1 unspecified atom stereocenters. The summed E-state index contributed by atoms with van der Waals surface area (Å²) in [7, 11) is 2.21. The van der Waals surface area contributed by atoms with Gasteiger partial charge in [-0.1, -0.05) is 12.1 Å². The molecule has 1 aliphatic carbocycles. The van der Waals surface area contributed by atoms with E-state index in [4.69, 9.17) is 9.97 Å². The lowest BCUT2D eigenvalue weighted by molar-refractivity contribution is 0.206. The van der Waals surface area contributed by atoms with Gasteiger partial charge < -0.3 is 4.90 Å². The molecule has 4 heterocycles. The van der Waals surface area contributed by atoms with Crippen LogP contribution in [0.3, 0.4) is 0 Å². The van der Waals surface area contributed by atoms with Crippen molar-refractivity contribution in [3.8, 4) is 0 Å². The van der Waals surface area contributed by atoms with Crippen LogP contribution in [-0.4, -0.2) is 39.4 Å². The van der Waals surface area contributed by atoms with Crippen molar-refractivity contribution >= 4 is 11.5 Å². The Morgan fingerprint density at radius 3 is 2.89 bits per heavy atom. The highest BCUT2D eigenvalue weighted by atomic mass is 15.2. The van der Waals surface area contributed by atoms with Crippen molar-refractivity contribution in [3.05, 3.63) is 59.7 Å². The van der Waals surface area contributed by atoms with Crippen LogP contribution in [0.15, 0.2) is 42.7 Å². The zero-order valence-electron chi connectivity index (χ0n) is 16.0. The van der Waals surface area contributed by atoms with E-state index >= 15 is 0 Å². The zero-order valence-corrected chi connectivity index (χ0v) is 16.0. The first-order chi connectivity index (χ1) is 13.3. The molecule has 3 aromatic heterocycles. The normalized spacial score (nSPS) is 19.8. The Bertz CT molecular complexity index is 941. The maximum Gasteiger partial charge on any atom is 0.138 e. The van der Waals surface area contributed by atoms with Gasteiger partial charge in [0, 0.05) is 32.0 Å². The lowest BCUT2D eigenvalue weighted by atomic mass is 9.91. The molecule has 0 amide bonds. The largest absolute Gasteiger partial charge is 0.358 e. The predicted octanol–water partition coefficient (Wildman–Crippen LogP) is 3.84. The van der Waals surface area contributed by atoms with Gasteiger partial charge in [-0.3, -0.25) is 14.3 Å². The van der Waals surface area contributed by atoms with Gasteiger partial charge in [0.15, 0.2) is 0 Å². The minimum absolute atomic E-state index is 0.387. The van der Waals surface area contributed by atoms with Crippen LogP contribution in [0.5, 0.6) is 0 Å². The Labute approximate surface area is 160 Å². The Balaban J connectivity index is 1.41. The Hall–Kier alpha value is -2.40. The van der Waals surface area contributed by atoms with E-state index < -0.39 is 0 Å². The third kappa shape index (κ3) is 3.10. The van der Waals surface area contributed by atoms with Crippen LogP contribution in [0.2, 0.25) is 0 Å². The van der Waals surface area contributed by atoms with Gasteiger partial charge in [-0.2, -0.15) is 0 Å². The van der Waals surface area contributed by atoms with Crippen LogP contribution in [0.1, 0.15) is 48.7 Å². The predicted molar refractivity (Wildman–Crippen MR) is 108 cm³/mol. The summed E-state index contributed by atoms with van der Waals surface area (Å²) in [4.78, 5) is 14.5. The number of fused-ring (bicyclic) bond motifs is 2. The highest BCUT2D eigenvalue weighted by molar-refractivity contribution is 5.53. The summed E-state index contributed by atoms with van der Waals surface area (Å²) in [5.74, 6) is 1.27. The second-order valence-electron chi connectivity index (χ2n) is 7.91. The van der Waals surface area contributed by atoms with E-state index in [0.717, 1.165) is 37.4 Å². The fourth-order valence-corrected chi connectivity index (χ4v) is 4.71. The standard InChI is InChI=1S/C22H27N5/c1-25(19-9-4-7-17-8-6-12-23-22(17)19)15-18-16-27-20(24-18)10-5-11-21(27)26-13-2-3-14-26/h5-6,8,10-12,16,19H,2-4,7,9,13-15H2,1H3. The number of pyridine rings is 2. The number of aromatic nitrogens is 3. The first-order valence-corrected chi connectivity index (χ1v) is 10.2. The van der Waals surface area contributed by atoms with Gasteiger partial charge in [-0.15, -0.1) is 0 Å². The molecule has 0 bridgehead atoms. The van der Waals surface area contributed by atoms with Crippen molar-refractivity contribution in [1.29, 1.82) is 0 Å². The monoisotopic (exact) mass is 361 g/mol. The molecule has 3 aromatic rings. The molecule has 0 N–H and O–H groups in total. The molecule has 27 heavy (non-hydrogen) atoms. The summed E-state index contributed by atoms with van der Waals surface area (Å²) in [6.45, 7) is 3.15. The molecule has 2 aliphatic rings. The summed E-state index contributed by atoms with van der Waals surface area (Å²) in [6, 6.07) is 11.1. The second kappa shape index (κ2) is 6.97. The van der Waals surface area contributed by atoms with Crippen molar-refractivity contribution in [2.45, 2.75) is 44.7 Å². The van der Waals surface area contributed by atoms with E-state index in [2.05, 4.69) is 57.8 Å². The van der Waals surface area contributed by atoms with E-state index in [-0.39, 0.29) is 0 Å². The lowest BCUT2D eigenvalue weighted by Crippen LogP contribution is -2.28. The van der Waals surface area contributed by atoms with Gasteiger partial charge in [-0.25, -0.2) is 4.98 Å². The Kier molecular flexibility index (Phi) is 4.32. The highest BCUT2D eigenvalue weighted by Gasteiger charge is 2.25. The minimum atomic E-state index is 0.387. The highest BCUT2D eigenvalue weighted by Crippen LogP contribution is 2.32. The van der Waals surface area contributed by atoms with Crippen molar-refractivity contribution in [2.24, 2.45) is 0 Å². The molecule has 5 nitrogen and oxygen atoms in total. The number of nitrogens with zero attached hydrogens (tertiary/aromatic N) is 5. The second-order valence-corrected chi connectivity index (χ2v) is 7.91. The Morgan fingerprint density at radius 2 is 2.00 bits per heavy atom. The van der Waals surface area contributed by atoms with E-state index in [1.807, 2.05) is 6.20 Å². The van der Waals surface area contributed by atoms with Gasteiger partial charge in [0.2, 0.25) is 0 Å². The fourth-order valence-electron chi connectivity index (χ4n) is 4.71. The maximum absolute atomic E-state index is 4.91. The van der Waals surface area contributed by atoms with Crippen molar-refractivity contribution < 1.29 is 0 Å². The Morgan fingerprint density at radius 1 is 1.11 bits per heavy atom. The maximum atomic E-state index is 4.91. The van der Waals surface area contributed by atoms with Crippen molar-refractivity contribution in [3.63, 3.8) is 0 Å². The van der Waals surface area contributed by atoms with Crippen LogP contribution in [-0.2, 0) is 13.0 Å². The molecule has 1 aliphatic heterocycles. The molecule has 0 radical (unpaired) electrons. The van der Waals surface area contributed by atoms with Crippen LogP contribution >= 0.6 is 0 Å². The molecular weight excluding hydrogens is 334 g/mol. The number of anilines is 1. The third-order valence-corrected chi connectivity index (χ3v) is 6.06. The van der Waals surface area contributed by atoms with Crippen molar-refractivity contribution in [2.75, 3.05) is 25.0 Å². The molecule has 5 heteroatoms. The topological polar surface area (TPSA) is 36.7 Å². The molecule has 0 spiro atoms. The number of aryl methyl sites for hydroxylation is 1. The number of imidazole rings is 1. The van der Waals surface area contributed by atoms with Crippen LogP contribution in [0, 0.1) is 0 Å². The van der Waals surface area contributed by atoms with Gasteiger partial charge in [0.05, 0.1) is 17.4 Å². The van der Waals surface area contributed by atoms with E-state index in [0.29, 0.717) is 6.04 Å². The van der Waals surface area contributed by atoms with Crippen LogP contribution in [0.4, 0.5) is 5.82 Å². The van der Waals surface area contributed by atoms with Crippen LogP contribution in [0.25, 0.3) is 5.65 Å². The smallest absolute Gasteiger partial charge is 0.138 e. The van der Waals surface area contributed by atoms with Crippen molar-refractivity contribution in [1.82, 2.24) is 19.3 Å². The van der Waals surface area contributed by atoms with E-state index in [1.165, 1.54) is 42.8 Å². The first-order valence-electron chi connectivity index (χ1n) is 10.2. The van der Waals surface area contributed by atoms with Crippen LogP contribution < -0.4 is 4.90 Å². The summed E-state index contributed by atoms with van der Waals surface area (Å²) in [6.07, 6.45) is 10.3. The molecule has 5 rings (SSSR count). The zero-order chi connectivity index (χ0) is 18.2. The van der Waals surface area contributed by atoms with Gasteiger partial charge in [0.1, 0.15) is 11.5 Å². The third-order valence-electron chi connectivity index (χ3n) is 6.06. The molecule has 0 aromatic carbocycles.